The molecule has 2 N–H and O–H groups in total. The van der Waals surface area contributed by atoms with Crippen LogP contribution in [-0.2, 0) is 11.2 Å². The molecule has 0 aliphatic carbocycles. The van der Waals surface area contributed by atoms with Crippen molar-refractivity contribution < 1.29 is 4.79 Å². The number of carbonyl (C=O) groups excluding carboxylic acids is 1. The summed E-state index contributed by atoms with van der Waals surface area (Å²) in [6.45, 7) is 2.48. The van der Waals surface area contributed by atoms with Gasteiger partial charge >= 0.3 is 0 Å². The maximum absolute atomic E-state index is 12.7. The van der Waals surface area contributed by atoms with Crippen LogP contribution >= 0.6 is 0 Å². The van der Waals surface area contributed by atoms with Crippen LogP contribution in [0.4, 0.5) is 11.8 Å². The van der Waals surface area contributed by atoms with Crippen LogP contribution in [0.1, 0.15) is 12.5 Å². The Morgan fingerprint density at radius 3 is 2.18 bits per heavy atom. The summed E-state index contributed by atoms with van der Waals surface area (Å²) < 4.78 is 0. The van der Waals surface area contributed by atoms with Crippen molar-refractivity contribution in [1.29, 1.82) is 0 Å². The lowest BCUT2D eigenvalue weighted by molar-refractivity contribution is -0.119. The molecule has 0 spiro atoms. The van der Waals surface area contributed by atoms with Crippen molar-refractivity contribution in [2.24, 2.45) is 5.73 Å². The zero-order valence-corrected chi connectivity index (χ0v) is 18.3. The lowest BCUT2D eigenvalue weighted by Gasteiger charge is -2.39. The van der Waals surface area contributed by atoms with Gasteiger partial charge in [-0.2, -0.15) is 0 Å². The summed E-state index contributed by atoms with van der Waals surface area (Å²) in [5, 5.41) is 3.59. The molecule has 0 saturated carbocycles. The van der Waals surface area contributed by atoms with Crippen LogP contribution in [0.3, 0.4) is 0 Å². The maximum Gasteiger partial charge on any atom is 0.245 e. The van der Waals surface area contributed by atoms with Crippen molar-refractivity contribution in [3.8, 4) is 11.4 Å². The molecule has 0 bridgehead atoms. The van der Waals surface area contributed by atoms with Crippen molar-refractivity contribution in [1.82, 2.24) is 19.9 Å². The third-order valence-corrected chi connectivity index (χ3v) is 5.15. The van der Waals surface area contributed by atoms with Crippen LogP contribution in [0.25, 0.3) is 11.4 Å². The Labute approximate surface area is 192 Å². The van der Waals surface area contributed by atoms with E-state index in [1.807, 2.05) is 72.6 Å². The Hall–Kier alpha value is -4.33. The molecule has 0 saturated heterocycles. The first-order valence-corrected chi connectivity index (χ1v) is 10.7. The molecule has 0 aliphatic heterocycles. The minimum Gasteiger partial charge on any atom is -0.368 e. The summed E-state index contributed by atoms with van der Waals surface area (Å²) in [6.07, 6.45) is 5.37. The van der Waals surface area contributed by atoms with Crippen LogP contribution in [0.15, 0.2) is 91.4 Å². The number of hydrogen-bond donors (Lipinski definition) is 1. The second-order valence-corrected chi connectivity index (χ2v) is 7.32. The van der Waals surface area contributed by atoms with Gasteiger partial charge in [0.05, 0.1) is 0 Å². The van der Waals surface area contributed by atoms with Gasteiger partial charge in [-0.05, 0) is 18.6 Å². The number of hydrazine groups is 1. The third kappa shape index (κ3) is 5.12. The molecule has 1 atom stereocenters. The highest BCUT2D eigenvalue weighted by Gasteiger charge is 2.32. The molecular weight excluding hydrogens is 414 g/mol. The predicted octanol–water partition coefficient (Wildman–Crippen LogP) is 3.28. The van der Waals surface area contributed by atoms with Gasteiger partial charge in [-0.1, -0.05) is 60.7 Å². The molecule has 2 aromatic heterocycles. The van der Waals surface area contributed by atoms with Crippen molar-refractivity contribution in [3.63, 3.8) is 0 Å². The Balaban J connectivity index is 1.78. The van der Waals surface area contributed by atoms with E-state index in [0.29, 0.717) is 30.6 Å². The first kappa shape index (κ1) is 21.9. The second kappa shape index (κ2) is 10.3. The molecule has 2 heterocycles. The monoisotopic (exact) mass is 439 g/mol. The Bertz CT molecular complexity index is 1170. The molecule has 2 aromatic carbocycles. The lowest BCUT2D eigenvalue weighted by Crippen LogP contribution is -2.56. The number of nitrogens with two attached hydrogens (primary N) is 1. The number of aromatic nitrogens is 4. The number of benzene rings is 2. The average molecular weight is 440 g/mol. The van der Waals surface area contributed by atoms with Crippen LogP contribution in [-0.4, -0.2) is 38.4 Å². The smallest absolute Gasteiger partial charge is 0.245 e. The van der Waals surface area contributed by atoms with E-state index in [0.717, 1.165) is 11.1 Å². The SMILES string of the molecule is CCN(c1ccnc(-c2ccccc2)n1)N(c1ncccn1)[C@H](Cc1ccccc1)C(N)=O. The molecule has 166 valence electrons. The summed E-state index contributed by atoms with van der Waals surface area (Å²) in [5.41, 5.74) is 7.79. The molecule has 0 radical (unpaired) electrons. The second-order valence-electron chi connectivity index (χ2n) is 7.32. The number of rotatable bonds is 9. The van der Waals surface area contributed by atoms with Crippen molar-refractivity contribution in [2.45, 2.75) is 19.4 Å². The summed E-state index contributed by atoms with van der Waals surface area (Å²) in [5.74, 6) is 1.07. The standard InChI is InChI=1S/C25H25N7O/c1-2-31(22-14-17-27-24(30-22)20-12-7-4-8-13-20)32(25-28-15-9-16-29-25)21(23(26)33)18-19-10-5-3-6-11-19/h3-17,21H,2,18H2,1H3,(H2,26,33)/t21-/m1/s1. The quantitative estimate of drug-likeness (QED) is 0.399. The van der Waals surface area contributed by atoms with Gasteiger partial charge in [0.2, 0.25) is 11.9 Å². The highest BCUT2D eigenvalue weighted by atomic mass is 16.1. The molecule has 8 nitrogen and oxygen atoms in total. The van der Waals surface area contributed by atoms with E-state index in [9.17, 15) is 4.79 Å². The molecule has 8 heteroatoms. The van der Waals surface area contributed by atoms with Gasteiger partial charge in [0.25, 0.3) is 0 Å². The number of amides is 1. The Kier molecular flexibility index (Phi) is 6.84. The molecule has 0 unspecified atom stereocenters. The highest BCUT2D eigenvalue weighted by Crippen LogP contribution is 2.24. The normalized spacial score (nSPS) is 11.5. The molecule has 33 heavy (non-hydrogen) atoms. The summed E-state index contributed by atoms with van der Waals surface area (Å²) >= 11 is 0. The zero-order chi connectivity index (χ0) is 23.0. The average Bonchev–Trinajstić information content (AvgIpc) is 2.88. The summed E-state index contributed by atoms with van der Waals surface area (Å²) in [6, 6.07) is 22.3. The largest absolute Gasteiger partial charge is 0.368 e. The molecule has 0 fully saturated rings. The van der Waals surface area contributed by atoms with Crippen LogP contribution in [0.5, 0.6) is 0 Å². The summed E-state index contributed by atoms with van der Waals surface area (Å²) in [4.78, 5) is 30.8. The first-order valence-electron chi connectivity index (χ1n) is 10.7. The summed E-state index contributed by atoms with van der Waals surface area (Å²) in [7, 11) is 0. The van der Waals surface area contributed by atoms with Crippen LogP contribution < -0.4 is 15.8 Å². The minimum atomic E-state index is -0.732. The predicted molar refractivity (Wildman–Crippen MR) is 128 cm³/mol. The van der Waals surface area contributed by atoms with E-state index >= 15 is 0 Å². The van der Waals surface area contributed by atoms with E-state index in [2.05, 4.69) is 15.0 Å². The fraction of sp³-hybridized carbons (Fsp3) is 0.160. The maximum atomic E-state index is 12.7. The van der Waals surface area contributed by atoms with Gasteiger partial charge in [0.1, 0.15) is 6.04 Å². The van der Waals surface area contributed by atoms with Gasteiger partial charge in [-0.25, -0.2) is 24.9 Å². The van der Waals surface area contributed by atoms with Gasteiger partial charge in [-0.15, -0.1) is 0 Å². The van der Waals surface area contributed by atoms with Crippen molar-refractivity contribution in [3.05, 3.63) is 97.0 Å². The Morgan fingerprint density at radius 1 is 0.879 bits per heavy atom. The first-order chi connectivity index (χ1) is 16.2. The minimum absolute atomic E-state index is 0.360. The van der Waals surface area contributed by atoms with Gasteiger partial charge in [-0.3, -0.25) is 9.80 Å². The lowest BCUT2D eigenvalue weighted by atomic mass is 10.1. The number of nitrogens with zero attached hydrogens (tertiary/aromatic N) is 6. The zero-order valence-electron chi connectivity index (χ0n) is 18.3. The van der Waals surface area contributed by atoms with Crippen LogP contribution in [0, 0.1) is 0 Å². The van der Waals surface area contributed by atoms with Crippen LogP contribution in [0.2, 0.25) is 0 Å². The third-order valence-electron chi connectivity index (χ3n) is 5.15. The molecular formula is C25H25N7O. The number of hydrogen-bond acceptors (Lipinski definition) is 7. The molecule has 1 amide bonds. The van der Waals surface area contributed by atoms with Gasteiger partial charge in [0.15, 0.2) is 11.6 Å². The van der Waals surface area contributed by atoms with E-state index in [1.165, 1.54) is 0 Å². The van der Waals surface area contributed by atoms with Gasteiger partial charge < -0.3 is 5.73 Å². The van der Waals surface area contributed by atoms with Gasteiger partial charge in [0, 0.05) is 43.2 Å². The van der Waals surface area contributed by atoms with E-state index in [-0.39, 0.29) is 0 Å². The molecule has 4 rings (SSSR count). The van der Waals surface area contributed by atoms with E-state index in [4.69, 9.17) is 10.7 Å². The number of primary amides is 1. The number of anilines is 2. The molecule has 0 aliphatic rings. The topological polar surface area (TPSA) is 101 Å². The number of carbonyl (C=O) groups is 1. The van der Waals surface area contributed by atoms with E-state index in [1.54, 1.807) is 35.7 Å². The Morgan fingerprint density at radius 2 is 1.55 bits per heavy atom. The van der Waals surface area contributed by atoms with Crippen molar-refractivity contribution in [2.75, 3.05) is 16.6 Å². The highest BCUT2D eigenvalue weighted by molar-refractivity contribution is 5.84. The fourth-order valence-corrected chi connectivity index (χ4v) is 3.61. The van der Waals surface area contributed by atoms with E-state index < -0.39 is 11.9 Å². The fourth-order valence-electron chi connectivity index (χ4n) is 3.61. The molecule has 4 aromatic rings. The van der Waals surface area contributed by atoms with Crippen molar-refractivity contribution >= 4 is 17.7 Å².